The quantitative estimate of drug-likeness (QED) is 0.738. The van der Waals surface area contributed by atoms with Crippen molar-refractivity contribution in [1.29, 1.82) is 0 Å². The Labute approximate surface area is 106 Å². The summed E-state index contributed by atoms with van der Waals surface area (Å²) in [5, 5.41) is 0. The zero-order valence-corrected chi connectivity index (χ0v) is 11.8. The molecule has 1 fully saturated rings. The van der Waals surface area contributed by atoms with E-state index in [4.69, 9.17) is 4.74 Å². The summed E-state index contributed by atoms with van der Waals surface area (Å²) in [6.07, 6.45) is 4.19. The average Bonchev–Trinajstić information content (AvgIpc) is 2.50. The third-order valence-corrected chi connectivity index (χ3v) is 3.64. The van der Waals surface area contributed by atoms with Gasteiger partial charge in [-0.05, 0) is 37.0 Å². The number of hydrogen-bond donors (Lipinski definition) is 0. The average molecular weight is 241 g/mol. The Morgan fingerprint density at radius 2 is 2.00 bits per heavy atom. The molecule has 0 aliphatic carbocycles. The van der Waals surface area contributed by atoms with Crippen molar-refractivity contribution < 1.29 is 9.53 Å². The molecule has 0 bridgehead atoms. The van der Waals surface area contributed by atoms with Crippen LogP contribution < -0.4 is 0 Å². The number of amides is 1. The molecule has 100 valence electrons. The molecule has 1 aliphatic rings. The maximum absolute atomic E-state index is 11.8. The highest BCUT2D eigenvalue weighted by molar-refractivity contribution is 5.67. The van der Waals surface area contributed by atoms with Crippen LogP contribution >= 0.6 is 0 Å². The summed E-state index contributed by atoms with van der Waals surface area (Å²) in [7, 11) is 0. The van der Waals surface area contributed by atoms with E-state index in [-0.39, 0.29) is 6.09 Å². The van der Waals surface area contributed by atoms with E-state index in [0.29, 0.717) is 17.9 Å². The third kappa shape index (κ3) is 4.57. The summed E-state index contributed by atoms with van der Waals surface area (Å²) < 4.78 is 5.19. The van der Waals surface area contributed by atoms with Crippen LogP contribution in [-0.2, 0) is 4.74 Å². The van der Waals surface area contributed by atoms with Gasteiger partial charge in [0.15, 0.2) is 0 Å². The first kappa shape index (κ1) is 14.3. The second kappa shape index (κ2) is 6.27. The van der Waals surface area contributed by atoms with Gasteiger partial charge in [-0.2, -0.15) is 0 Å². The van der Waals surface area contributed by atoms with Crippen molar-refractivity contribution in [2.24, 2.45) is 11.3 Å². The molecule has 1 aliphatic heterocycles. The van der Waals surface area contributed by atoms with Gasteiger partial charge in [-0.1, -0.05) is 27.7 Å². The number of rotatable bonds is 2. The van der Waals surface area contributed by atoms with E-state index in [1.165, 1.54) is 6.42 Å². The Balaban J connectivity index is 2.45. The first-order valence-corrected chi connectivity index (χ1v) is 6.87. The molecule has 0 saturated carbocycles. The van der Waals surface area contributed by atoms with Crippen molar-refractivity contribution in [1.82, 2.24) is 4.90 Å². The summed E-state index contributed by atoms with van der Waals surface area (Å²) in [6, 6.07) is 0. The van der Waals surface area contributed by atoms with Crippen molar-refractivity contribution >= 4 is 6.09 Å². The molecule has 0 aromatic rings. The van der Waals surface area contributed by atoms with Crippen molar-refractivity contribution in [3.05, 3.63) is 0 Å². The molecule has 1 amide bonds. The van der Waals surface area contributed by atoms with Crippen LogP contribution in [-0.4, -0.2) is 30.7 Å². The molecule has 0 aromatic carbocycles. The lowest BCUT2D eigenvalue weighted by Gasteiger charge is -2.29. The monoisotopic (exact) mass is 241 g/mol. The van der Waals surface area contributed by atoms with Gasteiger partial charge >= 0.3 is 6.09 Å². The summed E-state index contributed by atoms with van der Waals surface area (Å²) >= 11 is 0. The van der Waals surface area contributed by atoms with Crippen LogP contribution in [0.15, 0.2) is 0 Å². The second-order valence-electron chi connectivity index (χ2n) is 6.10. The number of ether oxygens (including phenoxy) is 1. The van der Waals surface area contributed by atoms with Gasteiger partial charge < -0.3 is 9.64 Å². The number of likely N-dealkylation sites (tertiary alicyclic amines) is 1. The lowest BCUT2D eigenvalue weighted by molar-refractivity contribution is 0.102. The first-order valence-electron chi connectivity index (χ1n) is 6.87. The summed E-state index contributed by atoms with van der Waals surface area (Å²) in [6.45, 7) is 11.1. The van der Waals surface area contributed by atoms with Crippen LogP contribution in [0, 0.1) is 11.3 Å². The zero-order chi connectivity index (χ0) is 12.9. The largest absolute Gasteiger partial charge is 0.449 e. The molecule has 1 rings (SSSR count). The van der Waals surface area contributed by atoms with Crippen LogP contribution in [0.1, 0.15) is 53.4 Å². The number of carbonyl (C=O) groups excluding carboxylic acids is 1. The molecule has 0 N–H and O–H groups in total. The van der Waals surface area contributed by atoms with E-state index < -0.39 is 0 Å². The predicted molar refractivity (Wildman–Crippen MR) is 70.0 cm³/mol. The van der Waals surface area contributed by atoms with Crippen molar-refractivity contribution in [2.75, 3.05) is 19.7 Å². The molecule has 1 heterocycles. The molecule has 3 heteroatoms. The number of carbonyl (C=O) groups is 1. The van der Waals surface area contributed by atoms with Crippen molar-refractivity contribution in [2.45, 2.75) is 53.4 Å². The summed E-state index contributed by atoms with van der Waals surface area (Å²) in [4.78, 5) is 13.6. The van der Waals surface area contributed by atoms with Gasteiger partial charge in [-0.15, -0.1) is 0 Å². The normalized spacial score (nSPS) is 22.1. The van der Waals surface area contributed by atoms with Crippen LogP contribution in [0.25, 0.3) is 0 Å². The fourth-order valence-electron chi connectivity index (χ4n) is 2.43. The molecular formula is C14H27NO2. The minimum Gasteiger partial charge on any atom is -0.449 e. The fraction of sp³-hybridized carbons (Fsp3) is 0.929. The molecule has 0 radical (unpaired) electrons. The molecule has 1 saturated heterocycles. The van der Waals surface area contributed by atoms with Gasteiger partial charge in [-0.3, -0.25) is 0 Å². The van der Waals surface area contributed by atoms with Gasteiger partial charge in [0.05, 0.1) is 6.61 Å². The van der Waals surface area contributed by atoms with Crippen LogP contribution in [0.2, 0.25) is 0 Å². The number of hydrogen-bond acceptors (Lipinski definition) is 2. The van der Waals surface area contributed by atoms with Crippen molar-refractivity contribution in [3.8, 4) is 0 Å². The molecule has 1 unspecified atom stereocenters. The van der Waals surface area contributed by atoms with E-state index in [1.54, 1.807) is 0 Å². The maximum Gasteiger partial charge on any atom is 0.409 e. The SMILES string of the molecule is CCCOC(=O)N1CCCC(C(C)(C)C)CC1. The number of nitrogens with zero attached hydrogens (tertiary/aromatic N) is 1. The van der Waals surface area contributed by atoms with Gasteiger partial charge in [-0.25, -0.2) is 4.79 Å². The summed E-state index contributed by atoms with van der Waals surface area (Å²) in [5.41, 5.74) is 0.351. The van der Waals surface area contributed by atoms with Crippen LogP contribution in [0.3, 0.4) is 0 Å². The minimum atomic E-state index is -0.124. The Hall–Kier alpha value is -0.730. The van der Waals surface area contributed by atoms with Gasteiger partial charge in [0.1, 0.15) is 0 Å². The molecule has 3 nitrogen and oxygen atoms in total. The third-order valence-electron chi connectivity index (χ3n) is 3.64. The van der Waals surface area contributed by atoms with Crippen molar-refractivity contribution in [3.63, 3.8) is 0 Å². The highest BCUT2D eigenvalue weighted by atomic mass is 16.6. The minimum absolute atomic E-state index is 0.124. The summed E-state index contributed by atoms with van der Waals surface area (Å²) in [5.74, 6) is 0.714. The van der Waals surface area contributed by atoms with E-state index in [0.717, 1.165) is 32.4 Å². The standard InChI is InChI=1S/C14H27NO2/c1-5-11-17-13(16)15-9-6-7-12(8-10-15)14(2,3)4/h12H,5-11H2,1-4H3. The molecule has 1 atom stereocenters. The molecule has 17 heavy (non-hydrogen) atoms. The smallest absolute Gasteiger partial charge is 0.409 e. The van der Waals surface area contributed by atoms with Gasteiger partial charge in [0.25, 0.3) is 0 Å². The highest BCUT2D eigenvalue weighted by Gasteiger charge is 2.28. The topological polar surface area (TPSA) is 29.5 Å². The molecular weight excluding hydrogens is 214 g/mol. The molecule has 0 spiro atoms. The zero-order valence-electron chi connectivity index (χ0n) is 11.8. The van der Waals surface area contributed by atoms with E-state index >= 15 is 0 Å². The highest BCUT2D eigenvalue weighted by Crippen LogP contribution is 2.34. The second-order valence-corrected chi connectivity index (χ2v) is 6.10. The van der Waals surface area contributed by atoms with Crippen LogP contribution in [0.5, 0.6) is 0 Å². The Morgan fingerprint density at radius 1 is 1.29 bits per heavy atom. The predicted octanol–water partition coefficient (Wildman–Crippen LogP) is 3.68. The fourth-order valence-corrected chi connectivity index (χ4v) is 2.43. The van der Waals surface area contributed by atoms with E-state index in [9.17, 15) is 4.79 Å². The van der Waals surface area contributed by atoms with E-state index in [1.807, 2.05) is 11.8 Å². The van der Waals surface area contributed by atoms with Gasteiger partial charge in [0.2, 0.25) is 0 Å². The Morgan fingerprint density at radius 3 is 2.59 bits per heavy atom. The van der Waals surface area contributed by atoms with E-state index in [2.05, 4.69) is 20.8 Å². The Kier molecular flexibility index (Phi) is 5.29. The lowest BCUT2D eigenvalue weighted by Crippen LogP contribution is -2.33. The first-order chi connectivity index (χ1) is 7.95. The van der Waals surface area contributed by atoms with Crippen LogP contribution in [0.4, 0.5) is 4.79 Å². The maximum atomic E-state index is 11.8. The molecule has 0 aromatic heterocycles. The lowest BCUT2D eigenvalue weighted by atomic mass is 9.77. The Bertz CT molecular complexity index is 245. The van der Waals surface area contributed by atoms with Gasteiger partial charge in [0, 0.05) is 13.1 Å².